The summed E-state index contributed by atoms with van der Waals surface area (Å²) in [5.74, 6) is -0.791. The van der Waals surface area contributed by atoms with Gasteiger partial charge in [-0.25, -0.2) is 4.79 Å². The number of halogens is 1. The molecule has 0 bridgehead atoms. The topological polar surface area (TPSA) is 79.0 Å². The first kappa shape index (κ1) is 21.8. The molecule has 2 aromatic rings. The molecule has 1 aliphatic rings. The average molecular weight is 430 g/mol. The van der Waals surface area contributed by atoms with Crippen LogP contribution in [0, 0.1) is 0 Å². The molecule has 3 rings (SSSR count). The zero-order valence-corrected chi connectivity index (χ0v) is 17.5. The van der Waals surface area contributed by atoms with Crippen molar-refractivity contribution in [1.82, 2.24) is 10.2 Å². The summed E-state index contributed by atoms with van der Waals surface area (Å²) in [6.07, 6.45) is 0.633. The molecule has 1 aliphatic heterocycles. The molecule has 30 heavy (non-hydrogen) atoms. The van der Waals surface area contributed by atoms with E-state index in [1.165, 1.54) is 4.90 Å². The van der Waals surface area contributed by atoms with Gasteiger partial charge in [-0.05, 0) is 43.2 Å². The van der Waals surface area contributed by atoms with Crippen LogP contribution in [-0.4, -0.2) is 48.5 Å². The zero-order chi connectivity index (χ0) is 21.5. The Bertz CT molecular complexity index is 889. The Labute approximate surface area is 180 Å². The van der Waals surface area contributed by atoms with Crippen molar-refractivity contribution >= 4 is 35.1 Å². The van der Waals surface area contributed by atoms with E-state index < -0.39 is 18.0 Å². The maximum absolute atomic E-state index is 12.7. The van der Waals surface area contributed by atoms with E-state index in [1.807, 2.05) is 30.3 Å². The van der Waals surface area contributed by atoms with Crippen LogP contribution in [0.1, 0.15) is 18.9 Å². The van der Waals surface area contributed by atoms with Crippen LogP contribution in [0.15, 0.2) is 54.6 Å². The van der Waals surface area contributed by atoms with Crippen molar-refractivity contribution in [3.8, 4) is 0 Å². The molecule has 1 N–H and O–H groups in total. The second-order valence-corrected chi connectivity index (χ2v) is 7.41. The van der Waals surface area contributed by atoms with Gasteiger partial charge in [0, 0.05) is 23.9 Å². The van der Waals surface area contributed by atoms with E-state index in [1.54, 1.807) is 31.2 Å². The van der Waals surface area contributed by atoms with Gasteiger partial charge in [0.25, 0.3) is 5.91 Å². The Morgan fingerprint density at radius 3 is 2.50 bits per heavy atom. The highest BCUT2D eigenvalue weighted by atomic mass is 35.5. The highest BCUT2D eigenvalue weighted by Crippen LogP contribution is 2.26. The SMILES string of the molecule is CC1C(=O)N(CC(=O)NCCCOCc2ccccc2)C(=O)N1c1ccc(Cl)cc1. The Hall–Kier alpha value is -2.90. The number of nitrogens with one attached hydrogen (secondary N) is 1. The van der Waals surface area contributed by atoms with Crippen LogP contribution in [0.4, 0.5) is 10.5 Å². The lowest BCUT2D eigenvalue weighted by Crippen LogP contribution is -2.41. The first-order chi connectivity index (χ1) is 14.5. The van der Waals surface area contributed by atoms with E-state index in [9.17, 15) is 14.4 Å². The first-order valence-electron chi connectivity index (χ1n) is 9.76. The Morgan fingerprint density at radius 2 is 1.80 bits per heavy atom. The number of carbonyl (C=O) groups excluding carboxylic acids is 3. The Balaban J connectivity index is 1.42. The van der Waals surface area contributed by atoms with Crippen molar-refractivity contribution in [1.29, 1.82) is 0 Å². The lowest BCUT2D eigenvalue weighted by molar-refractivity contribution is -0.131. The van der Waals surface area contributed by atoms with E-state index in [-0.39, 0.29) is 12.5 Å². The summed E-state index contributed by atoms with van der Waals surface area (Å²) < 4.78 is 5.57. The summed E-state index contributed by atoms with van der Waals surface area (Å²) in [4.78, 5) is 39.7. The van der Waals surface area contributed by atoms with Gasteiger partial charge in [0.05, 0.1) is 6.61 Å². The zero-order valence-electron chi connectivity index (χ0n) is 16.7. The van der Waals surface area contributed by atoms with E-state index in [0.717, 1.165) is 10.5 Å². The molecule has 2 aromatic carbocycles. The van der Waals surface area contributed by atoms with Gasteiger partial charge in [-0.1, -0.05) is 41.9 Å². The molecule has 158 valence electrons. The number of anilines is 1. The molecule has 0 aliphatic carbocycles. The average Bonchev–Trinajstić information content (AvgIpc) is 2.95. The van der Waals surface area contributed by atoms with Gasteiger partial charge < -0.3 is 10.1 Å². The first-order valence-corrected chi connectivity index (χ1v) is 10.1. The van der Waals surface area contributed by atoms with Crippen molar-refractivity contribution in [3.63, 3.8) is 0 Å². The third-order valence-electron chi connectivity index (χ3n) is 4.75. The number of rotatable bonds is 9. The van der Waals surface area contributed by atoms with E-state index in [0.29, 0.717) is 36.9 Å². The molecule has 0 spiro atoms. The normalized spacial score (nSPS) is 16.3. The number of urea groups is 1. The van der Waals surface area contributed by atoms with Crippen molar-refractivity contribution in [2.75, 3.05) is 24.6 Å². The summed E-state index contributed by atoms with van der Waals surface area (Å²) in [5, 5.41) is 3.26. The lowest BCUT2D eigenvalue weighted by Gasteiger charge is -2.19. The third-order valence-corrected chi connectivity index (χ3v) is 5.01. The van der Waals surface area contributed by atoms with Crippen molar-refractivity contribution < 1.29 is 19.1 Å². The molecule has 1 fully saturated rings. The fourth-order valence-corrected chi connectivity index (χ4v) is 3.30. The lowest BCUT2D eigenvalue weighted by atomic mass is 10.2. The second-order valence-electron chi connectivity index (χ2n) is 6.97. The molecule has 1 unspecified atom stereocenters. The monoisotopic (exact) mass is 429 g/mol. The summed E-state index contributed by atoms with van der Waals surface area (Å²) in [6, 6.07) is 15.3. The van der Waals surface area contributed by atoms with E-state index >= 15 is 0 Å². The molecule has 1 heterocycles. The second kappa shape index (κ2) is 10.2. The highest BCUT2D eigenvalue weighted by Gasteiger charge is 2.43. The van der Waals surface area contributed by atoms with Crippen LogP contribution in [-0.2, 0) is 20.9 Å². The van der Waals surface area contributed by atoms with Gasteiger partial charge in [0.2, 0.25) is 5.91 Å². The predicted molar refractivity (Wildman–Crippen MR) is 114 cm³/mol. The number of carbonyl (C=O) groups is 3. The van der Waals surface area contributed by atoms with E-state index in [4.69, 9.17) is 16.3 Å². The van der Waals surface area contributed by atoms with Gasteiger partial charge in [-0.2, -0.15) is 0 Å². The quantitative estimate of drug-likeness (QED) is 0.490. The third kappa shape index (κ3) is 5.37. The summed E-state index contributed by atoms with van der Waals surface area (Å²) >= 11 is 5.89. The maximum Gasteiger partial charge on any atom is 0.332 e. The van der Waals surface area contributed by atoms with Crippen LogP contribution in [0.5, 0.6) is 0 Å². The number of hydrogen-bond donors (Lipinski definition) is 1. The van der Waals surface area contributed by atoms with Crippen molar-refractivity contribution in [2.24, 2.45) is 0 Å². The van der Waals surface area contributed by atoms with Gasteiger partial charge >= 0.3 is 6.03 Å². The molecule has 1 saturated heterocycles. The number of amides is 4. The molecular weight excluding hydrogens is 406 g/mol. The molecule has 8 heteroatoms. The number of ether oxygens (including phenoxy) is 1. The number of hydrogen-bond acceptors (Lipinski definition) is 4. The van der Waals surface area contributed by atoms with Crippen LogP contribution in [0.25, 0.3) is 0 Å². The largest absolute Gasteiger partial charge is 0.377 e. The minimum absolute atomic E-state index is 0.309. The fourth-order valence-electron chi connectivity index (χ4n) is 3.17. The van der Waals surface area contributed by atoms with E-state index in [2.05, 4.69) is 5.32 Å². The smallest absolute Gasteiger partial charge is 0.332 e. The summed E-state index contributed by atoms with van der Waals surface area (Å²) in [5.41, 5.74) is 1.65. The highest BCUT2D eigenvalue weighted by molar-refractivity contribution is 6.30. The van der Waals surface area contributed by atoms with Crippen molar-refractivity contribution in [2.45, 2.75) is 26.0 Å². The molecule has 1 atom stereocenters. The molecular formula is C22H24ClN3O4. The summed E-state index contributed by atoms with van der Waals surface area (Å²) in [6.45, 7) is 2.75. The Kier molecular flexibility index (Phi) is 7.43. The van der Waals surface area contributed by atoms with Crippen LogP contribution in [0.2, 0.25) is 5.02 Å². The minimum atomic E-state index is -0.683. The number of imide groups is 1. The maximum atomic E-state index is 12.7. The molecule has 4 amide bonds. The fraction of sp³-hybridized carbons (Fsp3) is 0.318. The number of nitrogens with zero attached hydrogens (tertiary/aromatic N) is 2. The van der Waals surface area contributed by atoms with Crippen LogP contribution < -0.4 is 10.2 Å². The summed E-state index contributed by atoms with van der Waals surface area (Å²) in [7, 11) is 0. The van der Waals surface area contributed by atoms with Gasteiger partial charge in [-0.15, -0.1) is 0 Å². The van der Waals surface area contributed by atoms with Gasteiger partial charge in [0.1, 0.15) is 12.6 Å². The van der Waals surface area contributed by atoms with Crippen molar-refractivity contribution in [3.05, 3.63) is 65.2 Å². The minimum Gasteiger partial charge on any atom is -0.377 e. The van der Waals surface area contributed by atoms with Crippen LogP contribution >= 0.6 is 11.6 Å². The molecule has 0 radical (unpaired) electrons. The van der Waals surface area contributed by atoms with Gasteiger partial charge in [-0.3, -0.25) is 19.4 Å². The predicted octanol–water partition coefficient (Wildman–Crippen LogP) is 3.22. The molecule has 0 aromatic heterocycles. The molecule has 7 nitrogen and oxygen atoms in total. The molecule has 0 saturated carbocycles. The Morgan fingerprint density at radius 1 is 1.10 bits per heavy atom. The van der Waals surface area contributed by atoms with Crippen LogP contribution in [0.3, 0.4) is 0 Å². The standard InChI is InChI=1S/C22H24ClN3O4/c1-16-21(28)25(22(29)26(16)19-10-8-18(23)9-11-19)14-20(27)24-12-5-13-30-15-17-6-3-2-4-7-17/h2-4,6-11,16H,5,12-15H2,1H3,(H,24,27). The number of benzene rings is 2. The van der Waals surface area contributed by atoms with Gasteiger partial charge in [0.15, 0.2) is 0 Å².